The van der Waals surface area contributed by atoms with Crippen molar-refractivity contribution >= 4 is 11.9 Å². The largest absolute Gasteiger partial charge is 0.466 e. The first kappa shape index (κ1) is 77.9. The highest BCUT2D eigenvalue weighted by Gasteiger charge is 2.44. The van der Waals surface area contributed by atoms with E-state index in [0.29, 0.717) is 19.4 Å². The van der Waals surface area contributed by atoms with Crippen LogP contribution in [-0.2, 0) is 23.8 Å². The standard InChI is InChI=1S/C72H127NO10/c1-3-5-7-9-11-13-15-17-31-35-38-42-46-50-54-58-65(75)64(63-82-72-71(80)70(79)69(78)66(62-74)83-72)73-67(76)59-55-51-47-43-39-36-32-29-27-25-23-21-19-18-20-22-24-26-28-30-33-37-41-45-49-53-57-61-81-68(77)60-56-52-48-44-40-34-16-14-12-10-8-6-4-2/h8,10,14-19,22,24,38,42,54,58,64-66,69-72,74-75,78-80H,3-7,9,11-13,20-21,23,25-37,39-41,43-53,55-57,59-63H2,1-2H3,(H,73,76)/b10-8-,16-14-,17-15+,19-18-,24-22-,42-38+,58-54+. The van der Waals surface area contributed by atoms with E-state index in [1.807, 2.05) is 6.08 Å². The van der Waals surface area contributed by atoms with E-state index in [0.717, 1.165) is 103 Å². The van der Waals surface area contributed by atoms with Gasteiger partial charge in [-0.05, 0) is 116 Å². The van der Waals surface area contributed by atoms with E-state index < -0.39 is 49.5 Å². The number of aliphatic hydroxyl groups excluding tert-OH is 5. The van der Waals surface area contributed by atoms with Crippen LogP contribution >= 0.6 is 0 Å². The molecule has 1 rings (SSSR count). The Bertz CT molecular complexity index is 1650. The molecule has 1 amide bonds. The average Bonchev–Trinajstić information content (AvgIpc) is 3.56. The van der Waals surface area contributed by atoms with Gasteiger partial charge in [0.15, 0.2) is 6.29 Å². The van der Waals surface area contributed by atoms with Crippen molar-refractivity contribution < 1.29 is 49.3 Å². The van der Waals surface area contributed by atoms with E-state index in [1.54, 1.807) is 6.08 Å². The molecule has 7 atom stereocenters. The van der Waals surface area contributed by atoms with Crippen LogP contribution < -0.4 is 5.32 Å². The maximum atomic E-state index is 13.1. The molecule has 1 heterocycles. The molecule has 11 nitrogen and oxygen atoms in total. The van der Waals surface area contributed by atoms with Crippen molar-refractivity contribution in [2.24, 2.45) is 0 Å². The molecule has 0 bridgehead atoms. The van der Waals surface area contributed by atoms with E-state index >= 15 is 0 Å². The number of amides is 1. The highest BCUT2D eigenvalue weighted by atomic mass is 16.7. The number of hydrogen-bond donors (Lipinski definition) is 6. The molecule has 1 aliphatic rings. The van der Waals surface area contributed by atoms with Crippen LogP contribution in [0.2, 0.25) is 0 Å². The van der Waals surface area contributed by atoms with Gasteiger partial charge in [-0.15, -0.1) is 0 Å². The highest BCUT2D eigenvalue weighted by molar-refractivity contribution is 5.76. The Labute approximate surface area is 508 Å². The van der Waals surface area contributed by atoms with Crippen LogP contribution in [0, 0.1) is 0 Å². The smallest absolute Gasteiger partial charge is 0.305 e. The van der Waals surface area contributed by atoms with Crippen molar-refractivity contribution in [1.82, 2.24) is 5.32 Å². The van der Waals surface area contributed by atoms with E-state index in [4.69, 9.17) is 14.2 Å². The van der Waals surface area contributed by atoms with Crippen LogP contribution in [0.5, 0.6) is 0 Å². The summed E-state index contributed by atoms with van der Waals surface area (Å²) in [7, 11) is 0. The number of carbonyl (C=O) groups excluding carboxylic acids is 2. The predicted octanol–water partition coefficient (Wildman–Crippen LogP) is 17.3. The lowest BCUT2D eigenvalue weighted by molar-refractivity contribution is -0.302. The second-order valence-electron chi connectivity index (χ2n) is 23.5. The fourth-order valence-corrected chi connectivity index (χ4v) is 10.2. The number of esters is 1. The minimum Gasteiger partial charge on any atom is -0.466 e. The molecule has 0 aromatic heterocycles. The molecule has 7 unspecified atom stereocenters. The van der Waals surface area contributed by atoms with Gasteiger partial charge in [0, 0.05) is 12.8 Å². The average molecular weight is 1170 g/mol. The number of aliphatic hydroxyl groups is 5. The molecule has 0 spiro atoms. The number of rotatable bonds is 59. The van der Waals surface area contributed by atoms with Crippen LogP contribution in [-0.4, -0.2) is 100 Å². The maximum absolute atomic E-state index is 13.1. The zero-order chi connectivity index (χ0) is 60.2. The molecular formula is C72H127NO10. The molecule has 480 valence electrons. The number of allylic oxidation sites excluding steroid dienone is 13. The van der Waals surface area contributed by atoms with Crippen molar-refractivity contribution in [3.63, 3.8) is 0 Å². The third kappa shape index (κ3) is 49.6. The molecule has 83 heavy (non-hydrogen) atoms. The molecule has 0 saturated carbocycles. The van der Waals surface area contributed by atoms with Gasteiger partial charge < -0.3 is 45.1 Å². The number of unbranched alkanes of at least 4 members (excludes halogenated alkanes) is 33. The lowest BCUT2D eigenvalue weighted by atomic mass is 9.99. The van der Waals surface area contributed by atoms with E-state index in [2.05, 4.69) is 92.1 Å². The molecule has 1 saturated heterocycles. The van der Waals surface area contributed by atoms with Crippen LogP contribution in [0.1, 0.15) is 296 Å². The quantitative estimate of drug-likeness (QED) is 0.0195. The fourth-order valence-electron chi connectivity index (χ4n) is 10.2. The summed E-state index contributed by atoms with van der Waals surface area (Å²) >= 11 is 0. The molecule has 0 aliphatic carbocycles. The van der Waals surface area contributed by atoms with Crippen molar-refractivity contribution in [2.75, 3.05) is 19.8 Å². The molecule has 0 radical (unpaired) electrons. The minimum atomic E-state index is -1.58. The van der Waals surface area contributed by atoms with Crippen molar-refractivity contribution in [3.05, 3.63) is 85.1 Å². The van der Waals surface area contributed by atoms with Gasteiger partial charge in [-0.3, -0.25) is 9.59 Å². The maximum Gasteiger partial charge on any atom is 0.305 e. The van der Waals surface area contributed by atoms with Gasteiger partial charge in [0.25, 0.3) is 0 Å². The van der Waals surface area contributed by atoms with Crippen LogP contribution in [0.25, 0.3) is 0 Å². The number of nitrogens with one attached hydrogen (secondary N) is 1. The Balaban J connectivity index is 2.05. The lowest BCUT2D eigenvalue weighted by Crippen LogP contribution is -2.60. The normalized spacial score (nSPS) is 18.7. The van der Waals surface area contributed by atoms with Crippen molar-refractivity contribution in [3.8, 4) is 0 Å². The Morgan fingerprint density at radius 1 is 0.446 bits per heavy atom. The number of carbonyl (C=O) groups is 2. The zero-order valence-electron chi connectivity index (χ0n) is 53.1. The van der Waals surface area contributed by atoms with Gasteiger partial charge in [0.1, 0.15) is 24.4 Å². The van der Waals surface area contributed by atoms with Gasteiger partial charge in [-0.25, -0.2) is 0 Å². The summed E-state index contributed by atoms with van der Waals surface area (Å²) in [5.41, 5.74) is 0. The Morgan fingerprint density at radius 3 is 1.31 bits per heavy atom. The first-order valence-electron chi connectivity index (χ1n) is 34.4. The Kier molecular flexibility index (Phi) is 56.8. The van der Waals surface area contributed by atoms with Gasteiger partial charge in [0.05, 0.1) is 32.0 Å². The van der Waals surface area contributed by atoms with Gasteiger partial charge >= 0.3 is 5.97 Å². The van der Waals surface area contributed by atoms with E-state index in [-0.39, 0.29) is 18.5 Å². The zero-order valence-corrected chi connectivity index (χ0v) is 53.1. The van der Waals surface area contributed by atoms with Crippen LogP contribution in [0.15, 0.2) is 85.1 Å². The first-order valence-corrected chi connectivity index (χ1v) is 34.4. The molecule has 1 aliphatic heterocycles. The summed E-state index contributed by atoms with van der Waals surface area (Å²) in [6, 6.07) is -0.840. The summed E-state index contributed by atoms with van der Waals surface area (Å²) in [6.07, 6.45) is 72.7. The topological polar surface area (TPSA) is 175 Å². The molecule has 1 fully saturated rings. The van der Waals surface area contributed by atoms with E-state index in [1.165, 1.54) is 167 Å². The third-order valence-electron chi connectivity index (χ3n) is 15.7. The fraction of sp³-hybridized carbons (Fsp3) is 0.778. The summed E-state index contributed by atoms with van der Waals surface area (Å²) in [5, 5.41) is 54.5. The van der Waals surface area contributed by atoms with Crippen LogP contribution in [0.4, 0.5) is 0 Å². The van der Waals surface area contributed by atoms with Gasteiger partial charge in [0.2, 0.25) is 5.91 Å². The van der Waals surface area contributed by atoms with Gasteiger partial charge in [-0.2, -0.15) is 0 Å². The number of ether oxygens (including phenoxy) is 3. The Hall–Kier alpha value is -3.16. The number of hydrogen-bond acceptors (Lipinski definition) is 10. The van der Waals surface area contributed by atoms with Crippen molar-refractivity contribution in [2.45, 2.75) is 339 Å². The van der Waals surface area contributed by atoms with Crippen LogP contribution in [0.3, 0.4) is 0 Å². The van der Waals surface area contributed by atoms with Gasteiger partial charge in [-0.1, -0.05) is 253 Å². The van der Waals surface area contributed by atoms with E-state index in [9.17, 15) is 35.1 Å². The minimum absolute atomic E-state index is 0.0157. The predicted molar refractivity (Wildman–Crippen MR) is 347 cm³/mol. The van der Waals surface area contributed by atoms with Crippen molar-refractivity contribution in [1.29, 1.82) is 0 Å². The monoisotopic (exact) mass is 1170 g/mol. The second-order valence-corrected chi connectivity index (χ2v) is 23.5. The SMILES string of the molecule is CCC/C=C\C/C=C\CCCCCCCC(=O)OCCCCCCCCCCC/C=C\C/C=C\CCCCCCCCCCCCCC(=O)NC(COC1OC(CO)C(O)C(O)C1O)C(O)/C=C/CC/C=C/CC/C=C/CCCCCCC. The third-order valence-corrected chi connectivity index (χ3v) is 15.7. The molecular weight excluding hydrogens is 1040 g/mol. The molecule has 0 aromatic rings. The molecule has 6 N–H and O–H groups in total. The Morgan fingerprint density at radius 2 is 0.843 bits per heavy atom. The highest BCUT2D eigenvalue weighted by Crippen LogP contribution is 2.23. The second kappa shape index (κ2) is 60.5. The first-order chi connectivity index (χ1) is 40.7. The lowest BCUT2D eigenvalue weighted by Gasteiger charge is -2.40. The summed E-state index contributed by atoms with van der Waals surface area (Å²) in [4.78, 5) is 25.1. The summed E-state index contributed by atoms with van der Waals surface area (Å²) < 4.78 is 16.7. The summed E-state index contributed by atoms with van der Waals surface area (Å²) in [5.74, 6) is -0.216. The summed E-state index contributed by atoms with van der Waals surface area (Å²) in [6.45, 7) is 4.24. The molecule has 11 heteroatoms. The molecule has 0 aromatic carbocycles.